The molecule has 1 aromatic rings. The first-order valence-corrected chi connectivity index (χ1v) is 3.80. The van der Waals surface area contributed by atoms with E-state index in [0.29, 0.717) is 12.3 Å². The minimum Gasteiger partial charge on any atom is -0.497 e. The minimum absolute atomic E-state index is 0. The molecule has 0 spiro atoms. The van der Waals surface area contributed by atoms with Crippen LogP contribution in [0.1, 0.15) is 12.6 Å². The van der Waals surface area contributed by atoms with Gasteiger partial charge < -0.3 is 10.5 Å². The second-order valence-electron chi connectivity index (χ2n) is 2.53. The molecule has 0 aliphatic heterocycles. The van der Waals surface area contributed by atoms with Crippen molar-refractivity contribution in [1.29, 1.82) is 0 Å². The van der Waals surface area contributed by atoms with E-state index < -0.39 is 0 Å². The van der Waals surface area contributed by atoms with Crippen LogP contribution in [0.15, 0.2) is 30.8 Å². The van der Waals surface area contributed by atoms with Crippen LogP contribution in [0.5, 0.6) is 0 Å². The Hall–Kier alpha value is -1.28. The zero-order valence-electron chi connectivity index (χ0n) is 7.21. The van der Waals surface area contributed by atoms with Crippen LogP contribution in [0, 0.1) is 0 Å². The van der Waals surface area contributed by atoms with E-state index in [0.717, 1.165) is 11.1 Å². The highest BCUT2D eigenvalue weighted by atomic mass is 16.5. The molecule has 0 bridgehead atoms. The summed E-state index contributed by atoms with van der Waals surface area (Å²) in [5.41, 5.74) is 7.56. The van der Waals surface area contributed by atoms with Crippen molar-refractivity contribution in [3.8, 4) is 0 Å². The van der Waals surface area contributed by atoms with Gasteiger partial charge in [-0.3, -0.25) is 0 Å². The van der Waals surface area contributed by atoms with Gasteiger partial charge in [0.1, 0.15) is 5.76 Å². The highest BCUT2D eigenvalue weighted by Gasteiger charge is 1.96. The Morgan fingerprint density at radius 2 is 2.08 bits per heavy atom. The van der Waals surface area contributed by atoms with E-state index in [1.165, 1.54) is 0 Å². The summed E-state index contributed by atoms with van der Waals surface area (Å²) in [5, 5.41) is 0. The molecule has 0 unspecified atom stereocenters. The Kier molecular flexibility index (Phi) is 2.88. The fourth-order valence-electron chi connectivity index (χ4n) is 0.945. The Labute approximate surface area is 74.1 Å². The number of hydrogen-bond acceptors (Lipinski definition) is 2. The number of hydrogen-bond donors (Lipinski definition) is 1. The average molecular weight is 165 g/mol. The van der Waals surface area contributed by atoms with Gasteiger partial charge in [0.15, 0.2) is 0 Å². The van der Waals surface area contributed by atoms with Crippen LogP contribution in [0.2, 0.25) is 0 Å². The highest BCUT2D eigenvalue weighted by molar-refractivity contribution is 5.57. The van der Waals surface area contributed by atoms with E-state index >= 15 is 0 Å². The van der Waals surface area contributed by atoms with Gasteiger partial charge >= 0.3 is 0 Å². The van der Waals surface area contributed by atoms with Crippen molar-refractivity contribution in [1.82, 2.24) is 0 Å². The van der Waals surface area contributed by atoms with Crippen molar-refractivity contribution in [3.63, 3.8) is 0 Å². The number of methoxy groups -OCH3 is 1. The lowest BCUT2D eigenvalue weighted by Gasteiger charge is -2.04. The van der Waals surface area contributed by atoms with Crippen LogP contribution >= 0.6 is 0 Å². The van der Waals surface area contributed by atoms with E-state index in [2.05, 4.69) is 6.58 Å². The summed E-state index contributed by atoms with van der Waals surface area (Å²) in [7, 11) is 1.61. The van der Waals surface area contributed by atoms with E-state index in [4.69, 9.17) is 10.5 Å². The van der Waals surface area contributed by atoms with Gasteiger partial charge in [0, 0.05) is 13.5 Å². The summed E-state index contributed by atoms with van der Waals surface area (Å²) in [6, 6.07) is 7.85. The summed E-state index contributed by atoms with van der Waals surface area (Å²) >= 11 is 0. The Bertz CT molecular complexity index is 269. The number of rotatable bonds is 3. The summed E-state index contributed by atoms with van der Waals surface area (Å²) in [5.74, 6) is 0.679. The molecule has 0 aliphatic rings. The van der Waals surface area contributed by atoms with Crippen molar-refractivity contribution >= 4 is 5.76 Å². The fraction of sp³-hybridized carbons (Fsp3) is 0.200. The first kappa shape index (κ1) is 8.81. The highest BCUT2D eigenvalue weighted by Crippen LogP contribution is 2.13. The predicted molar refractivity (Wildman–Crippen MR) is 52.5 cm³/mol. The molecule has 0 atom stereocenters. The lowest BCUT2D eigenvalue weighted by Crippen LogP contribution is -1.95. The number of benzene rings is 1. The van der Waals surface area contributed by atoms with E-state index in [1.807, 2.05) is 24.3 Å². The van der Waals surface area contributed by atoms with Gasteiger partial charge in [0.05, 0.1) is 7.11 Å². The van der Waals surface area contributed by atoms with Crippen LogP contribution in [-0.4, -0.2) is 7.11 Å². The molecule has 1 aromatic carbocycles. The van der Waals surface area contributed by atoms with Crippen LogP contribution in [0.4, 0.5) is 0 Å². The molecule has 1 rings (SSSR count). The van der Waals surface area contributed by atoms with Crippen molar-refractivity contribution in [2.75, 3.05) is 7.11 Å². The third-order valence-electron chi connectivity index (χ3n) is 1.76. The second-order valence-corrected chi connectivity index (χ2v) is 2.53. The van der Waals surface area contributed by atoms with Crippen molar-refractivity contribution in [2.24, 2.45) is 5.73 Å². The molecule has 0 radical (unpaired) electrons. The zero-order valence-corrected chi connectivity index (χ0v) is 7.21. The molecule has 0 heterocycles. The van der Waals surface area contributed by atoms with Crippen molar-refractivity contribution < 1.29 is 6.16 Å². The first-order valence-electron chi connectivity index (χ1n) is 3.80. The Morgan fingerprint density at radius 3 is 2.50 bits per heavy atom. The quantitative estimate of drug-likeness (QED) is 0.695. The third-order valence-corrected chi connectivity index (χ3v) is 1.76. The van der Waals surface area contributed by atoms with Gasteiger partial charge in [-0.05, 0) is 5.56 Å². The molecular formula is C10H15NO. The minimum atomic E-state index is 0. The molecule has 2 heteroatoms. The number of ether oxygens (including phenoxy) is 1. The number of nitrogens with two attached hydrogens (primary N) is 1. The van der Waals surface area contributed by atoms with Crippen LogP contribution in [-0.2, 0) is 11.3 Å². The van der Waals surface area contributed by atoms with Crippen LogP contribution in [0.25, 0.3) is 5.76 Å². The molecule has 2 N–H and O–H groups in total. The monoisotopic (exact) mass is 165 g/mol. The van der Waals surface area contributed by atoms with Gasteiger partial charge in [-0.2, -0.15) is 0 Å². The molecule has 0 amide bonds. The molecule has 0 saturated heterocycles. The summed E-state index contributed by atoms with van der Waals surface area (Å²) in [4.78, 5) is 0. The summed E-state index contributed by atoms with van der Waals surface area (Å²) < 4.78 is 4.98. The lowest BCUT2D eigenvalue weighted by molar-refractivity contribution is 0.371. The van der Waals surface area contributed by atoms with Crippen LogP contribution in [0.3, 0.4) is 0 Å². The first-order chi connectivity index (χ1) is 5.77. The zero-order chi connectivity index (χ0) is 8.97. The van der Waals surface area contributed by atoms with Crippen molar-refractivity contribution in [2.45, 2.75) is 6.54 Å². The maximum absolute atomic E-state index is 5.45. The maximum Gasteiger partial charge on any atom is 0.118 e. The van der Waals surface area contributed by atoms with Gasteiger partial charge in [0.25, 0.3) is 0 Å². The molecule has 66 valence electrons. The van der Waals surface area contributed by atoms with Gasteiger partial charge in [-0.25, -0.2) is 0 Å². The summed E-state index contributed by atoms with van der Waals surface area (Å²) in [6.45, 7) is 4.31. The average Bonchev–Trinajstić information content (AvgIpc) is 2.17. The van der Waals surface area contributed by atoms with Crippen LogP contribution < -0.4 is 5.73 Å². The molecule has 2 nitrogen and oxygen atoms in total. The lowest BCUT2D eigenvalue weighted by atomic mass is 10.1. The largest absolute Gasteiger partial charge is 0.497 e. The van der Waals surface area contributed by atoms with Gasteiger partial charge in [-0.1, -0.05) is 30.8 Å². The second kappa shape index (κ2) is 3.93. The summed E-state index contributed by atoms with van der Waals surface area (Å²) in [6.07, 6.45) is 0. The van der Waals surface area contributed by atoms with E-state index in [-0.39, 0.29) is 1.43 Å². The molecule has 12 heavy (non-hydrogen) atoms. The SMILES string of the molecule is C=C(OC)c1ccc(CN)cc1.[HH]. The van der Waals surface area contributed by atoms with E-state index in [1.54, 1.807) is 7.11 Å². The standard InChI is InChI=1S/C10H13NO.H2/c1-8(12-2)10-5-3-9(7-11)4-6-10;/h3-6H,1,7,11H2,2H3;1H. The predicted octanol–water partition coefficient (Wildman–Crippen LogP) is 2.01. The fourth-order valence-corrected chi connectivity index (χ4v) is 0.945. The molecule has 0 aromatic heterocycles. The van der Waals surface area contributed by atoms with Gasteiger partial charge in [-0.15, -0.1) is 0 Å². The van der Waals surface area contributed by atoms with Gasteiger partial charge in [0.2, 0.25) is 0 Å². The Balaban J connectivity index is 0.00000144. The molecule has 0 fully saturated rings. The topological polar surface area (TPSA) is 35.2 Å². The van der Waals surface area contributed by atoms with Crippen molar-refractivity contribution in [3.05, 3.63) is 42.0 Å². The normalized spacial score (nSPS) is 9.50. The molecular weight excluding hydrogens is 150 g/mol. The Morgan fingerprint density at radius 1 is 1.50 bits per heavy atom. The maximum atomic E-state index is 5.45. The smallest absolute Gasteiger partial charge is 0.118 e. The van der Waals surface area contributed by atoms with E-state index in [9.17, 15) is 0 Å². The molecule has 0 saturated carbocycles. The molecule has 0 aliphatic carbocycles. The third kappa shape index (κ3) is 1.86.